The minimum atomic E-state index is -4.20. The molecule has 6 heteroatoms. The van der Waals surface area contributed by atoms with Gasteiger partial charge in [-0.25, -0.2) is 0 Å². The van der Waals surface area contributed by atoms with Crippen molar-refractivity contribution in [2.24, 2.45) is 0 Å². The smallest absolute Gasteiger partial charge is 0.391 e. The van der Waals surface area contributed by atoms with Gasteiger partial charge in [-0.3, -0.25) is 0 Å². The summed E-state index contributed by atoms with van der Waals surface area (Å²) in [6, 6.07) is 6.00. The molecule has 18 heavy (non-hydrogen) atoms. The molecular formula is C12H14F3N3. The molecule has 0 aliphatic carbocycles. The third-order valence-corrected chi connectivity index (χ3v) is 2.36. The highest BCUT2D eigenvalue weighted by Crippen LogP contribution is 2.24. The van der Waals surface area contributed by atoms with Gasteiger partial charge in [0.25, 0.3) is 0 Å². The predicted molar refractivity (Wildman–Crippen MR) is 63.9 cm³/mol. The van der Waals surface area contributed by atoms with Gasteiger partial charge in [0.2, 0.25) is 0 Å². The third-order valence-electron chi connectivity index (χ3n) is 2.36. The van der Waals surface area contributed by atoms with Gasteiger partial charge in [0, 0.05) is 17.4 Å². The highest BCUT2D eigenvalue weighted by Gasteiger charge is 2.29. The monoisotopic (exact) mass is 257 g/mol. The Hall–Kier alpha value is -1.90. The molecule has 0 saturated carbocycles. The summed E-state index contributed by atoms with van der Waals surface area (Å²) < 4.78 is 36.5. The number of benzene rings is 1. The second-order valence-corrected chi connectivity index (χ2v) is 4.11. The molecule has 0 saturated heterocycles. The lowest BCUT2D eigenvalue weighted by Gasteiger charge is -2.17. The van der Waals surface area contributed by atoms with Crippen LogP contribution >= 0.6 is 0 Å². The van der Waals surface area contributed by atoms with Crippen LogP contribution in [0.3, 0.4) is 0 Å². The van der Waals surface area contributed by atoms with Gasteiger partial charge in [-0.1, -0.05) is 0 Å². The molecule has 1 aromatic rings. The van der Waals surface area contributed by atoms with Crippen molar-refractivity contribution < 1.29 is 13.2 Å². The molecule has 1 rings (SSSR count). The standard InChI is InChI=1S/C12H14F3N3/c1-8(7-12(13,14)15)18-10-2-3-11(17)9(6-10)4-5-16/h2-3,6,8,18H,4,7,17H2,1H3. The molecule has 3 nitrogen and oxygen atoms in total. The lowest BCUT2D eigenvalue weighted by atomic mass is 10.1. The molecule has 0 amide bonds. The van der Waals surface area contributed by atoms with E-state index in [4.69, 9.17) is 11.0 Å². The fourth-order valence-corrected chi connectivity index (χ4v) is 1.62. The number of nitrogen functional groups attached to an aromatic ring is 1. The molecule has 1 aromatic carbocycles. The maximum Gasteiger partial charge on any atom is 0.391 e. The van der Waals surface area contributed by atoms with E-state index in [-0.39, 0.29) is 6.42 Å². The maximum atomic E-state index is 12.2. The van der Waals surface area contributed by atoms with Crippen molar-refractivity contribution in [2.45, 2.75) is 32.0 Å². The Bertz CT molecular complexity index is 449. The van der Waals surface area contributed by atoms with Crippen molar-refractivity contribution in [3.05, 3.63) is 23.8 Å². The van der Waals surface area contributed by atoms with Crippen molar-refractivity contribution in [1.29, 1.82) is 5.26 Å². The van der Waals surface area contributed by atoms with Gasteiger partial charge in [0.05, 0.1) is 18.9 Å². The molecular weight excluding hydrogens is 243 g/mol. The first-order valence-corrected chi connectivity index (χ1v) is 5.40. The first-order chi connectivity index (χ1) is 8.31. The van der Waals surface area contributed by atoms with Gasteiger partial charge in [-0.05, 0) is 30.7 Å². The fraction of sp³-hybridized carbons (Fsp3) is 0.417. The number of nitrogens with two attached hydrogens (primary N) is 1. The molecule has 0 spiro atoms. The number of hydrogen-bond donors (Lipinski definition) is 2. The van der Waals surface area contributed by atoms with Crippen LogP contribution in [0.25, 0.3) is 0 Å². The maximum absolute atomic E-state index is 12.2. The zero-order valence-electron chi connectivity index (χ0n) is 9.88. The van der Waals surface area contributed by atoms with Gasteiger partial charge < -0.3 is 11.1 Å². The number of anilines is 2. The SMILES string of the molecule is CC(CC(F)(F)F)Nc1ccc(N)c(CC#N)c1. The summed E-state index contributed by atoms with van der Waals surface area (Å²) in [6.07, 6.45) is -4.98. The second-order valence-electron chi connectivity index (χ2n) is 4.11. The molecule has 0 aliphatic heterocycles. The summed E-state index contributed by atoms with van der Waals surface area (Å²) in [6.45, 7) is 1.45. The molecule has 98 valence electrons. The van der Waals surface area contributed by atoms with E-state index in [2.05, 4.69) is 5.32 Å². The van der Waals surface area contributed by atoms with E-state index in [9.17, 15) is 13.2 Å². The van der Waals surface area contributed by atoms with Crippen LogP contribution in [0.1, 0.15) is 18.9 Å². The highest BCUT2D eigenvalue weighted by atomic mass is 19.4. The molecule has 0 radical (unpaired) electrons. The topological polar surface area (TPSA) is 61.8 Å². The van der Waals surface area contributed by atoms with Gasteiger partial charge >= 0.3 is 6.18 Å². The van der Waals surface area contributed by atoms with Crippen LogP contribution in [0.2, 0.25) is 0 Å². The summed E-state index contributed by atoms with van der Waals surface area (Å²) in [5, 5.41) is 11.3. The Balaban J connectivity index is 2.74. The molecule has 0 heterocycles. The van der Waals surface area contributed by atoms with Crippen molar-refractivity contribution >= 4 is 11.4 Å². The van der Waals surface area contributed by atoms with E-state index in [1.165, 1.54) is 6.92 Å². The molecule has 0 aromatic heterocycles. The largest absolute Gasteiger partial charge is 0.398 e. The Labute approximate surface area is 103 Å². The number of alkyl halides is 3. The van der Waals surface area contributed by atoms with E-state index >= 15 is 0 Å². The van der Waals surface area contributed by atoms with E-state index in [0.717, 1.165) is 0 Å². The second kappa shape index (κ2) is 5.63. The van der Waals surface area contributed by atoms with Crippen LogP contribution in [0.4, 0.5) is 24.5 Å². The number of nitriles is 1. The average Bonchev–Trinajstić information content (AvgIpc) is 2.20. The Morgan fingerprint density at radius 3 is 2.67 bits per heavy atom. The van der Waals surface area contributed by atoms with Crippen LogP contribution in [0.5, 0.6) is 0 Å². The number of halogens is 3. The first kappa shape index (κ1) is 14.2. The van der Waals surface area contributed by atoms with Crippen molar-refractivity contribution in [1.82, 2.24) is 0 Å². The van der Waals surface area contributed by atoms with Crippen molar-refractivity contribution in [3.63, 3.8) is 0 Å². The van der Waals surface area contributed by atoms with E-state index in [1.54, 1.807) is 18.2 Å². The number of nitrogens with one attached hydrogen (secondary N) is 1. The summed E-state index contributed by atoms with van der Waals surface area (Å²) >= 11 is 0. The lowest BCUT2D eigenvalue weighted by molar-refractivity contribution is -0.136. The number of hydrogen-bond acceptors (Lipinski definition) is 3. The van der Waals surface area contributed by atoms with Crippen LogP contribution in [0.15, 0.2) is 18.2 Å². The first-order valence-electron chi connectivity index (χ1n) is 5.40. The van der Waals surface area contributed by atoms with Gasteiger partial charge in [-0.2, -0.15) is 18.4 Å². The Morgan fingerprint density at radius 1 is 1.44 bits per heavy atom. The molecule has 0 fully saturated rings. The quantitative estimate of drug-likeness (QED) is 0.815. The molecule has 0 bridgehead atoms. The van der Waals surface area contributed by atoms with Crippen LogP contribution < -0.4 is 11.1 Å². The van der Waals surface area contributed by atoms with Gasteiger partial charge in [0.1, 0.15) is 0 Å². The summed E-state index contributed by atoms with van der Waals surface area (Å²) in [5.41, 5.74) is 7.26. The Kier molecular flexibility index (Phi) is 4.43. The van der Waals surface area contributed by atoms with Crippen LogP contribution in [-0.4, -0.2) is 12.2 Å². The normalized spacial score (nSPS) is 12.8. The van der Waals surface area contributed by atoms with Crippen molar-refractivity contribution in [2.75, 3.05) is 11.1 Å². The third kappa shape index (κ3) is 4.53. The number of nitrogens with zero attached hydrogens (tertiary/aromatic N) is 1. The van der Waals surface area contributed by atoms with Crippen LogP contribution in [0, 0.1) is 11.3 Å². The van der Waals surface area contributed by atoms with Gasteiger partial charge in [0.15, 0.2) is 0 Å². The molecule has 1 atom stereocenters. The summed E-state index contributed by atoms with van der Waals surface area (Å²) in [5.74, 6) is 0. The zero-order chi connectivity index (χ0) is 13.8. The zero-order valence-corrected chi connectivity index (χ0v) is 9.88. The fourth-order valence-electron chi connectivity index (χ4n) is 1.62. The summed E-state index contributed by atoms with van der Waals surface area (Å²) in [7, 11) is 0. The lowest BCUT2D eigenvalue weighted by Crippen LogP contribution is -2.23. The van der Waals surface area contributed by atoms with Crippen molar-refractivity contribution in [3.8, 4) is 6.07 Å². The average molecular weight is 257 g/mol. The van der Waals surface area contributed by atoms with E-state index in [1.807, 2.05) is 6.07 Å². The minimum absolute atomic E-state index is 0.134. The van der Waals surface area contributed by atoms with Crippen LogP contribution in [-0.2, 0) is 6.42 Å². The van der Waals surface area contributed by atoms with Gasteiger partial charge in [-0.15, -0.1) is 0 Å². The molecule has 0 aliphatic rings. The van der Waals surface area contributed by atoms with E-state index in [0.29, 0.717) is 16.9 Å². The Morgan fingerprint density at radius 2 is 2.11 bits per heavy atom. The molecule has 3 N–H and O–H groups in total. The summed E-state index contributed by atoms with van der Waals surface area (Å²) in [4.78, 5) is 0. The number of rotatable bonds is 4. The molecule has 1 unspecified atom stereocenters. The highest BCUT2D eigenvalue weighted by molar-refractivity contribution is 5.58. The van der Waals surface area contributed by atoms with E-state index < -0.39 is 18.6 Å². The minimum Gasteiger partial charge on any atom is -0.398 e. The predicted octanol–water partition coefficient (Wildman–Crippen LogP) is 3.09.